The zero-order valence-electron chi connectivity index (χ0n) is 17.6. The van der Waals surface area contributed by atoms with Gasteiger partial charge in [0.15, 0.2) is 5.13 Å². The number of aryl methyl sites for hydroxylation is 2. The number of fused-ring (bicyclic) bond motifs is 1. The van der Waals surface area contributed by atoms with E-state index in [1.165, 1.54) is 16.2 Å². The van der Waals surface area contributed by atoms with Crippen LogP contribution in [-0.2, 0) is 6.54 Å². The molecule has 4 aromatic rings. The van der Waals surface area contributed by atoms with E-state index in [-0.39, 0.29) is 12.1 Å². The second-order valence-corrected chi connectivity index (χ2v) is 8.36. The fraction of sp³-hybridized carbons (Fsp3) is 0.136. The first-order valence-electron chi connectivity index (χ1n) is 9.76. The number of amides is 1. The average Bonchev–Trinajstić information content (AvgIpc) is 3.24. The monoisotopic (exact) mass is 463 g/mol. The van der Waals surface area contributed by atoms with Gasteiger partial charge in [0.1, 0.15) is 0 Å². The van der Waals surface area contributed by atoms with Gasteiger partial charge in [0.25, 0.3) is 17.3 Å². The minimum absolute atomic E-state index is 0.0843. The van der Waals surface area contributed by atoms with Gasteiger partial charge in [-0.15, -0.1) is 0 Å². The Morgan fingerprint density at radius 2 is 1.76 bits per heavy atom. The molecular formula is C22H17N5O5S. The molecule has 0 aliphatic carbocycles. The number of anilines is 1. The number of carbonyl (C=O) groups is 1. The van der Waals surface area contributed by atoms with Gasteiger partial charge in [-0.2, -0.15) is 0 Å². The number of pyridine rings is 1. The Morgan fingerprint density at radius 3 is 2.36 bits per heavy atom. The zero-order chi connectivity index (χ0) is 23.7. The molecule has 2 heterocycles. The van der Waals surface area contributed by atoms with Crippen molar-refractivity contribution in [1.29, 1.82) is 0 Å². The molecule has 0 spiro atoms. The smallest absolute Gasteiger partial charge is 0.277 e. The number of rotatable bonds is 6. The summed E-state index contributed by atoms with van der Waals surface area (Å²) in [5, 5.41) is 23.0. The molecule has 0 radical (unpaired) electrons. The Kier molecular flexibility index (Phi) is 5.80. The lowest BCUT2D eigenvalue weighted by Gasteiger charge is -2.20. The van der Waals surface area contributed by atoms with Crippen LogP contribution in [0.2, 0.25) is 0 Å². The quantitative estimate of drug-likeness (QED) is 0.291. The highest BCUT2D eigenvalue weighted by Gasteiger charge is 2.26. The van der Waals surface area contributed by atoms with Crippen molar-refractivity contribution in [3.63, 3.8) is 0 Å². The van der Waals surface area contributed by atoms with Crippen LogP contribution in [-0.4, -0.2) is 25.7 Å². The first-order valence-corrected chi connectivity index (χ1v) is 10.6. The lowest BCUT2D eigenvalue weighted by atomic mass is 10.1. The van der Waals surface area contributed by atoms with Gasteiger partial charge in [-0.25, -0.2) is 4.98 Å². The number of thiazole rings is 1. The predicted octanol–water partition coefficient (Wildman–Crippen LogP) is 4.97. The third kappa shape index (κ3) is 4.39. The number of hydrogen-bond acceptors (Lipinski definition) is 8. The molecular weight excluding hydrogens is 446 g/mol. The number of nitro benzene ring substituents is 2. The maximum Gasteiger partial charge on any atom is 0.277 e. The molecule has 2 aromatic heterocycles. The third-order valence-corrected chi connectivity index (χ3v) is 6.23. The van der Waals surface area contributed by atoms with E-state index in [0.717, 1.165) is 39.5 Å². The molecule has 0 aliphatic heterocycles. The van der Waals surface area contributed by atoms with E-state index < -0.39 is 27.1 Å². The van der Waals surface area contributed by atoms with Gasteiger partial charge in [-0.3, -0.25) is 34.9 Å². The minimum atomic E-state index is -0.765. The fourth-order valence-corrected chi connectivity index (χ4v) is 4.34. The first kappa shape index (κ1) is 22.0. The molecule has 10 nitrogen and oxygen atoms in total. The van der Waals surface area contributed by atoms with E-state index in [1.807, 2.05) is 26.0 Å². The molecule has 4 rings (SSSR count). The SMILES string of the molecule is Cc1ccc2sc(N(Cc3cccnc3)C(=O)c3cc([N+](=O)[O-])cc([N+](=O)[O-])c3)nc2c1C. The van der Waals surface area contributed by atoms with Crippen LogP contribution in [0.3, 0.4) is 0 Å². The number of nitro groups is 2. The van der Waals surface area contributed by atoms with Crippen molar-refractivity contribution in [2.24, 2.45) is 0 Å². The van der Waals surface area contributed by atoms with E-state index >= 15 is 0 Å². The summed E-state index contributed by atoms with van der Waals surface area (Å²) < 4.78 is 0.877. The van der Waals surface area contributed by atoms with E-state index in [0.29, 0.717) is 10.7 Å². The van der Waals surface area contributed by atoms with Gasteiger partial charge >= 0.3 is 0 Å². The van der Waals surface area contributed by atoms with E-state index in [2.05, 4.69) is 9.97 Å². The fourth-order valence-electron chi connectivity index (χ4n) is 3.32. The van der Waals surface area contributed by atoms with Crippen molar-refractivity contribution >= 4 is 44.0 Å². The van der Waals surface area contributed by atoms with Gasteiger partial charge in [0, 0.05) is 24.5 Å². The first-order chi connectivity index (χ1) is 15.7. The highest BCUT2D eigenvalue weighted by Crippen LogP contribution is 2.34. The molecule has 0 saturated heterocycles. The van der Waals surface area contributed by atoms with Crippen molar-refractivity contribution < 1.29 is 14.6 Å². The van der Waals surface area contributed by atoms with Crippen molar-refractivity contribution in [3.8, 4) is 0 Å². The maximum atomic E-state index is 13.6. The summed E-state index contributed by atoms with van der Waals surface area (Å²) in [6.07, 6.45) is 3.20. The number of carbonyl (C=O) groups excluding carboxylic acids is 1. The van der Waals surface area contributed by atoms with Crippen molar-refractivity contribution in [2.75, 3.05) is 4.90 Å². The highest BCUT2D eigenvalue weighted by atomic mass is 32.1. The summed E-state index contributed by atoms with van der Waals surface area (Å²) in [7, 11) is 0. The largest absolute Gasteiger partial charge is 0.279 e. The molecule has 0 saturated carbocycles. The van der Waals surface area contributed by atoms with Gasteiger partial charge in [-0.1, -0.05) is 23.5 Å². The summed E-state index contributed by atoms with van der Waals surface area (Å²) in [4.78, 5) is 44.7. The topological polar surface area (TPSA) is 132 Å². The van der Waals surface area contributed by atoms with Crippen LogP contribution >= 0.6 is 11.3 Å². The molecule has 0 aliphatic rings. The Balaban J connectivity index is 1.85. The molecule has 1 amide bonds. The van der Waals surface area contributed by atoms with Crippen LogP contribution in [0.5, 0.6) is 0 Å². The Morgan fingerprint density at radius 1 is 1.06 bits per heavy atom. The lowest BCUT2D eigenvalue weighted by Crippen LogP contribution is -2.30. The number of hydrogen-bond donors (Lipinski definition) is 0. The zero-order valence-corrected chi connectivity index (χ0v) is 18.4. The van der Waals surface area contributed by atoms with Crippen molar-refractivity contribution in [3.05, 3.63) is 97.3 Å². The molecule has 33 heavy (non-hydrogen) atoms. The lowest BCUT2D eigenvalue weighted by molar-refractivity contribution is -0.394. The number of aromatic nitrogens is 2. The van der Waals surface area contributed by atoms with Gasteiger partial charge in [-0.05, 0) is 42.7 Å². The normalized spacial score (nSPS) is 10.8. The van der Waals surface area contributed by atoms with Crippen molar-refractivity contribution in [1.82, 2.24) is 9.97 Å². The number of nitrogens with zero attached hydrogens (tertiary/aromatic N) is 5. The molecule has 0 atom stereocenters. The standard InChI is InChI=1S/C22H17N5O5S/c1-13-5-6-19-20(14(13)2)24-22(33-19)25(12-15-4-3-7-23-11-15)21(28)16-8-17(26(29)30)10-18(9-16)27(31)32/h3-11H,12H2,1-2H3. The number of benzene rings is 2. The van der Waals surface area contributed by atoms with Crippen LogP contribution in [0.15, 0.2) is 54.9 Å². The highest BCUT2D eigenvalue weighted by molar-refractivity contribution is 7.22. The van der Waals surface area contributed by atoms with Crippen LogP contribution in [0.1, 0.15) is 27.0 Å². The average molecular weight is 463 g/mol. The third-order valence-electron chi connectivity index (χ3n) is 5.18. The maximum absolute atomic E-state index is 13.6. The van der Waals surface area contributed by atoms with E-state index in [1.54, 1.807) is 24.5 Å². The summed E-state index contributed by atoms with van der Waals surface area (Å²) in [5.41, 5.74) is 2.25. The van der Waals surface area contributed by atoms with Crippen LogP contribution in [0.25, 0.3) is 10.2 Å². The molecule has 0 unspecified atom stereocenters. The Bertz CT molecular complexity index is 1370. The van der Waals surface area contributed by atoms with Crippen LogP contribution in [0.4, 0.5) is 16.5 Å². The molecule has 0 N–H and O–H groups in total. The van der Waals surface area contributed by atoms with Crippen molar-refractivity contribution in [2.45, 2.75) is 20.4 Å². The summed E-state index contributed by atoms with van der Waals surface area (Å²) in [6.45, 7) is 3.99. The second-order valence-electron chi connectivity index (χ2n) is 7.36. The van der Waals surface area contributed by atoms with Gasteiger partial charge < -0.3 is 0 Å². The number of non-ortho nitro benzene ring substituents is 2. The van der Waals surface area contributed by atoms with Gasteiger partial charge in [0.05, 0.1) is 38.2 Å². The molecule has 166 valence electrons. The van der Waals surface area contributed by atoms with E-state index in [4.69, 9.17) is 0 Å². The Labute approximate surface area is 191 Å². The minimum Gasteiger partial charge on any atom is -0.279 e. The van der Waals surface area contributed by atoms with Gasteiger partial charge in [0.2, 0.25) is 0 Å². The molecule has 0 fully saturated rings. The van der Waals surface area contributed by atoms with Crippen LogP contribution in [0, 0.1) is 34.1 Å². The molecule has 2 aromatic carbocycles. The molecule has 11 heteroatoms. The Hall–Kier alpha value is -4.25. The summed E-state index contributed by atoms with van der Waals surface area (Å²) >= 11 is 1.30. The van der Waals surface area contributed by atoms with E-state index in [9.17, 15) is 25.0 Å². The molecule has 0 bridgehead atoms. The predicted molar refractivity (Wildman–Crippen MR) is 124 cm³/mol. The van der Waals surface area contributed by atoms with Crippen LogP contribution < -0.4 is 4.90 Å². The summed E-state index contributed by atoms with van der Waals surface area (Å²) in [6, 6.07) is 10.3. The second kappa shape index (κ2) is 8.71. The summed E-state index contributed by atoms with van der Waals surface area (Å²) in [5.74, 6) is -0.640.